The van der Waals surface area contributed by atoms with Crippen molar-refractivity contribution in [3.63, 3.8) is 0 Å². The molecule has 2 rings (SSSR count). The van der Waals surface area contributed by atoms with Crippen molar-refractivity contribution in [1.29, 1.82) is 0 Å². The Balaban J connectivity index is 1.73. The first kappa shape index (κ1) is 8.05. The van der Waals surface area contributed by atoms with Crippen molar-refractivity contribution in [2.75, 3.05) is 13.2 Å². The van der Waals surface area contributed by atoms with E-state index >= 15 is 0 Å². The highest BCUT2D eigenvalue weighted by molar-refractivity contribution is 5.79. The van der Waals surface area contributed by atoms with Gasteiger partial charge in [0.1, 0.15) is 0 Å². The second kappa shape index (κ2) is 3.44. The van der Waals surface area contributed by atoms with Crippen molar-refractivity contribution in [3.8, 4) is 0 Å². The maximum Gasteiger partial charge on any atom is 0.223 e. The lowest BCUT2D eigenvalue weighted by Gasteiger charge is -2.25. The van der Waals surface area contributed by atoms with Gasteiger partial charge in [-0.3, -0.25) is 4.79 Å². The predicted molar refractivity (Wildman–Crippen MR) is 44.7 cm³/mol. The Bertz CT molecular complexity index is 171. The number of hydrogen-bond donors (Lipinski definition) is 1. The summed E-state index contributed by atoms with van der Waals surface area (Å²) in [4.78, 5) is 11.4. The Morgan fingerprint density at radius 3 is 2.67 bits per heavy atom. The van der Waals surface area contributed by atoms with Crippen molar-refractivity contribution in [1.82, 2.24) is 5.32 Å². The lowest BCUT2D eigenvalue weighted by atomic mass is 9.84. The average molecular weight is 169 g/mol. The van der Waals surface area contributed by atoms with Gasteiger partial charge in [0.2, 0.25) is 5.91 Å². The fourth-order valence-corrected chi connectivity index (χ4v) is 1.64. The van der Waals surface area contributed by atoms with Gasteiger partial charge >= 0.3 is 0 Å². The molecule has 0 bridgehead atoms. The summed E-state index contributed by atoms with van der Waals surface area (Å²) in [6, 6.07) is 0.290. The first-order valence-electron chi connectivity index (χ1n) is 4.74. The summed E-state index contributed by atoms with van der Waals surface area (Å²) in [6.45, 7) is 1.51. The van der Waals surface area contributed by atoms with E-state index in [4.69, 9.17) is 4.74 Å². The highest BCUT2D eigenvalue weighted by Gasteiger charge is 2.27. The molecule has 1 atom stereocenters. The van der Waals surface area contributed by atoms with Gasteiger partial charge in [-0.25, -0.2) is 0 Å². The van der Waals surface area contributed by atoms with E-state index in [2.05, 4.69) is 5.32 Å². The van der Waals surface area contributed by atoms with E-state index < -0.39 is 0 Å². The van der Waals surface area contributed by atoms with E-state index in [1.165, 1.54) is 6.42 Å². The standard InChI is InChI=1S/C9H15NO2/c11-9(7-2-1-3-7)10-8-4-5-12-6-8/h7-8H,1-6H2,(H,10,11). The van der Waals surface area contributed by atoms with Gasteiger partial charge in [-0.05, 0) is 19.3 Å². The highest BCUT2D eigenvalue weighted by Crippen LogP contribution is 2.26. The topological polar surface area (TPSA) is 38.3 Å². The molecule has 0 aromatic heterocycles. The zero-order chi connectivity index (χ0) is 8.39. The number of carbonyl (C=O) groups is 1. The van der Waals surface area contributed by atoms with Gasteiger partial charge in [0, 0.05) is 12.5 Å². The van der Waals surface area contributed by atoms with Crippen molar-refractivity contribution in [3.05, 3.63) is 0 Å². The molecule has 1 aliphatic heterocycles. The van der Waals surface area contributed by atoms with Gasteiger partial charge in [-0.2, -0.15) is 0 Å². The lowest BCUT2D eigenvalue weighted by Crippen LogP contribution is -2.41. The number of hydrogen-bond acceptors (Lipinski definition) is 2. The van der Waals surface area contributed by atoms with Gasteiger partial charge in [0.05, 0.1) is 12.6 Å². The molecule has 12 heavy (non-hydrogen) atoms. The normalized spacial score (nSPS) is 29.8. The number of amides is 1. The number of carbonyl (C=O) groups excluding carboxylic acids is 1. The molecule has 0 radical (unpaired) electrons. The van der Waals surface area contributed by atoms with Crippen LogP contribution < -0.4 is 5.32 Å². The van der Waals surface area contributed by atoms with E-state index in [9.17, 15) is 4.79 Å². The molecule has 1 heterocycles. The summed E-state index contributed by atoms with van der Waals surface area (Å²) in [5.74, 6) is 0.558. The summed E-state index contributed by atoms with van der Waals surface area (Å²) in [5.41, 5.74) is 0. The maximum absolute atomic E-state index is 11.4. The first-order chi connectivity index (χ1) is 5.86. The minimum absolute atomic E-state index is 0.247. The van der Waals surface area contributed by atoms with Gasteiger partial charge in [0.25, 0.3) is 0 Å². The maximum atomic E-state index is 11.4. The summed E-state index contributed by atoms with van der Waals surface area (Å²) >= 11 is 0. The average Bonchev–Trinajstić information content (AvgIpc) is 2.34. The van der Waals surface area contributed by atoms with Crippen LogP contribution in [0.2, 0.25) is 0 Å². The molecule has 0 spiro atoms. The van der Waals surface area contributed by atoms with Crippen molar-refractivity contribution < 1.29 is 9.53 Å². The largest absolute Gasteiger partial charge is 0.379 e. The van der Waals surface area contributed by atoms with Gasteiger partial charge < -0.3 is 10.1 Å². The molecule has 3 heteroatoms. The Morgan fingerprint density at radius 2 is 2.17 bits per heavy atom. The van der Waals surface area contributed by atoms with Crippen LogP contribution in [-0.2, 0) is 9.53 Å². The summed E-state index contributed by atoms with van der Waals surface area (Å²) in [6.07, 6.45) is 4.37. The van der Waals surface area contributed by atoms with E-state index in [0.29, 0.717) is 12.5 Å². The molecule has 1 saturated carbocycles. The van der Waals surface area contributed by atoms with Gasteiger partial charge in [-0.15, -0.1) is 0 Å². The molecule has 2 aliphatic rings. The van der Waals surface area contributed by atoms with E-state index in [1.54, 1.807) is 0 Å². The third-order valence-electron chi connectivity index (χ3n) is 2.75. The lowest BCUT2D eigenvalue weighted by molar-refractivity contribution is -0.128. The third-order valence-corrected chi connectivity index (χ3v) is 2.75. The third kappa shape index (κ3) is 1.61. The smallest absolute Gasteiger partial charge is 0.223 e. The minimum Gasteiger partial charge on any atom is -0.379 e. The SMILES string of the molecule is O=C(NC1CCOC1)C1CCC1. The number of ether oxygens (including phenoxy) is 1. The molecule has 1 aliphatic carbocycles. The van der Waals surface area contributed by atoms with Crippen LogP contribution in [0.4, 0.5) is 0 Å². The van der Waals surface area contributed by atoms with Crippen molar-refractivity contribution >= 4 is 5.91 Å². The number of rotatable bonds is 2. The van der Waals surface area contributed by atoms with Crippen LogP contribution >= 0.6 is 0 Å². The van der Waals surface area contributed by atoms with E-state index in [1.807, 2.05) is 0 Å². The first-order valence-corrected chi connectivity index (χ1v) is 4.74. The monoisotopic (exact) mass is 169 g/mol. The van der Waals surface area contributed by atoms with Gasteiger partial charge in [0.15, 0.2) is 0 Å². The summed E-state index contributed by atoms with van der Waals surface area (Å²) in [7, 11) is 0. The van der Waals surface area contributed by atoms with Crippen molar-refractivity contribution in [2.45, 2.75) is 31.7 Å². The van der Waals surface area contributed by atoms with Crippen LogP contribution in [0.5, 0.6) is 0 Å². The number of nitrogens with one attached hydrogen (secondary N) is 1. The molecule has 1 N–H and O–H groups in total. The van der Waals surface area contributed by atoms with Crippen LogP contribution in [0.3, 0.4) is 0 Å². The Kier molecular flexibility index (Phi) is 2.30. The molecule has 1 unspecified atom stereocenters. The zero-order valence-corrected chi connectivity index (χ0v) is 7.21. The predicted octanol–water partition coefficient (Wildman–Crippen LogP) is 0.692. The molecule has 1 amide bonds. The Morgan fingerprint density at radius 1 is 1.33 bits per heavy atom. The van der Waals surface area contributed by atoms with Crippen LogP contribution in [0, 0.1) is 5.92 Å². The van der Waals surface area contributed by atoms with E-state index in [0.717, 1.165) is 25.9 Å². The highest BCUT2D eigenvalue weighted by atomic mass is 16.5. The second-order valence-corrected chi connectivity index (χ2v) is 3.70. The molecule has 1 saturated heterocycles. The molecule has 3 nitrogen and oxygen atoms in total. The minimum atomic E-state index is 0.247. The van der Waals surface area contributed by atoms with Crippen LogP contribution in [0.15, 0.2) is 0 Å². The van der Waals surface area contributed by atoms with Gasteiger partial charge in [-0.1, -0.05) is 6.42 Å². The molecule has 2 fully saturated rings. The summed E-state index contributed by atoms with van der Waals surface area (Å²) in [5, 5.41) is 3.02. The fraction of sp³-hybridized carbons (Fsp3) is 0.889. The zero-order valence-electron chi connectivity index (χ0n) is 7.21. The van der Waals surface area contributed by atoms with E-state index in [-0.39, 0.29) is 11.9 Å². The van der Waals surface area contributed by atoms with Crippen molar-refractivity contribution in [2.24, 2.45) is 5.92 Å². The Labute approximate surface area is 72.5 Å². The Hall–Kier alpha value is -0.570. The quantitative estimate of drug-likeness (QED) is 0.660. The van der Waals surface area contributed by atoms with Crippen LogP contribution in [0.25, 0.3) is 0 Å². The van der Waals surface area contributed by atoms with Crippen LogP contribution in [0.1, 0.15) is 25.7 Å². The molecule has 68 valence electrons. The molecular weight excluding hydrogens is 154 g/mol. The molecular formula is C9H15NO2. The van der Waals surface area contributed by atoms with Crippen LogP contribution in [-0.4, -0.2) is 25.2 Å². The molecule has 0 aromatic rings. The summed E-state index contributed by atoms with van der Waals surface area (Å²) < 4.78 is 5.17. The molecule has 0 aromatic carbocycles. The fourth-order valence-electron chi connectivity index (χ4n) is 1.64. The second-order valence-electron chi connectivity index (χ2n) is 3.70.